The first-order valence-electron chi connectivity index (χ1n) is 7.55. The van der Waals surface area contributed by atoms with Crippen molar-refractivity contribution in [1.29, 1.82) is 0 Å². The van der Waals surface area contributed by atoms with E-state index in [9.17, 15) is 0 Å². The normalized spacial score (nSPS) is 14.2. The van der Waals surface area contributed by atoms with Gasteiger partial charge in [-0.1, -0.05) is 11.6 Å². The molecule has 0 aliphatic heterocycles. The Balaban J connectivity index is 1.65. The number of benzene rings is 1. The topological polar surface area (TPSA) is 58.9 Å². The number of rotatable bonds is 4. The van der Waals surface area contributed by atoms with Crippen LogP contribution in [0.25, 0.3) is 10.9 Å². The SMILES string of the molecule is CN(C)c1cc2nc(Nc3cnn(C4CC4)c3)ncc2cc1Cl. The number of halogens is 1. The van der Waals surface area contributed by atoms with Gasteiger partial charge in [0.2, 0.25) is 5.95 Å². The standard InChI is InChI=1S/C16H17ClN6/c1-22(2)15-6-14-10(5-13(15)17)7-18-16(21-14)20-11-8-19-23(9-11)12-3-4-12/h5-9,12H,3-4H2,1-2H3,(H,18,20,21). The number of nitrogens with one attached hydrogen (secondary N) is 1. The molecule has 0 unspecified atom stereocenters. The van der Waals surface area contributed by atoms with Crippen LogP contribution in [-0.4, -0.2) is 33.8 Å². The minimum Gasteiger partial charge on any atom is -0.376 e. The van der Waals surface area contributed by atoms with E-state index in [2.05, 4.69) is 20.4 Å². The van der Waals surface area contributed by atoms with E-state index in [0.717, 1.165) is 22.3 Å². The predicted octanol–water partition coefficient (Wildman–Crippen LogP) is 3.62. The lowest BCUT2D eigenvalue weighted by atomic mass is 10.2. The second-order valence-corrected chi connectivity index (χ2v) is 6.42. The van der Waals surface area contributed by atoms with Gasteiger partial charge in [0.15, 0.2) is 0 Å². The molecule has 0 spiro atoms. The smallest absolute Gasteiger partial charge is 0.227 e. The molecule has 0 bridgehead atoms. The zero-order valence-electron chi connectivity index (χ0n) is 13.0. The molecule has 0 radical (unpaired) electrons. The summed E-state index contributed by atoms with van der Waals surface area (Å²) in [6, 6.07) is 4.42. The molecule has 1 saturated carbocycles. The van der Waals surface area contributed by atoms with Gasteiger partial charge in [0.05, 0.1) is 34.2 Å². The highest BCUT2D eigenvalue weighted by Crippen LogP contribution is 2.35. The average molecular weight is 329 g/mol. The van der Waals surface area contributed by atoms with Gasteiger partial charge >= 0.3 is 0 Å². The summed E-state index contributed by atoms with van der Waals surface area (Å²) in [5.74, 6) is 0.555. The summed E-state index contributed by atoms with van der Waals surface area (Å²) in [6.07, 6.45) is 8.00. The maximum Gasteiger partial charge on any atom is 0.227 e. The molecule has 6 nitrogen and oxygen atoms in total. The van der Waals surface area contributed by atoms with Gasteiger partial charge < -0.3 is 10.2 Å². The number of anilines is 3. The highest BCUT2D eigenvalue weighted by molar-refractivity contribution is 6.34. The van der Waals surface area contributed by atoms with Crippen molar-refractivity contribution < 1.29 is 0 Å². The minimum absolute atomic E-state index is 0.555. The lowest BCUT2D eigenvalue weighted by Gasteiger charge is -2.15. The van der Waals surface area contributed by atoms with E-state index in [1.54, 1.807) is 12.4 Å². The summed E-state index contributed by atoms with van der Waals surface area (Å²) in [5, 5.41) is 9.18. The molecule has 0 amide bonds. The van der Waals surface area contributed by atoms with Gasteiger partial charge in [-0.05, 0) is 25.0 Å². The van der Waals surface area contributed by atoms with Crippen molar-refractivity contribution in [2.45, 2.75) is 18.9 Å². The molecule has 1 aliphatic rings. The van der Waals surface area contributed by atoms with Gasteiger partial charge in [0.1, 0.15) is 0 Å². The van der Waals surface area contributed by atoms with E-state index in [0.29, 0.717) is 17.0 Å². The molecule has 2 aromatic heterocycles. The number of aromatic nitrogens is 4. The molecule has 1 N–H and O–H groups in total. The molecule has 23 heavy (non-hydrogen) atoms. The third-order valence-corrected chi connectivity index (χ3v) is 4.21. The Morgan fingerprint density at radius 1 is 1.26 bits per heavy atom. The van der Waals surface area contributed by atoms with Crippen LogP contribution in [0.15, 0.2) is 30.7 Å². The zero-order chi connectivity index (χ0) is 16.0. The van der Waals surface area contributed by atoms with Crippen molar-refractivity contribution in [3.63, 3.8) is 0 Å². The minimum atomic E-state index is 0.555. The fourth-order valence-corrected chi connectivity index (χ4v) is 2.85. The molecular formula is C16H17ClN6. The maximum absolute atomic E-state index is 6.28. The molecular weight excluding hydrogens is 312 g/mol. The molecule has 4 rings (SSSR count). The van der Waals surface area contributed by atoms with Crippen LogP contribution in [0.5, 0.6) is 0 Å². The van der Waals surface area contributed by atoms with Crippen molar-refractivity contribution >= 4 is 39.8 Å². The monoisotopic (exact) mass is 328 g/mol. The van der Waals surface area contributed by atoms with Crippen molar-refractivity contribution in [3.05, 3.63) is 35.7 Å². The first-order valence-corrected chi connectivity index (χ1v) is 7.93. The largest absolute Gasteiger partial charge is 0.376 e. The number of hydrogen-bond donors (Lipinski definition) is 1. The second kappa shape index (κ2) is 5.38. The van der Waals surface area contributed by atoms with E-state index in [1.165, 1.54) is 12.8 Å². The lowest BCUT2D eigenvalue weighted by molar-refractivity contribution is 0.642. The van der Waals surface area contributed by atoms with Gasteiger partial charge in [0.25, 0.3) is 0 Å². The van der Waals surface area contributed by atoms with E-state index in [-0.39, 0.29) is 0 Å². The molecule has 0 atom stereocenters. The second-order valence-electron chi connectivity index (χ2n) is 6.02. The Hall–Kier alpha value is -2.34. The number of fused-ring (bicyclic) bond motifs is 1. The third-order valence-electron chi connectivity index (χ3n) is 3.91. The molecule has 2 heterocycles. The van der Waals surface area contributed by atoms with Gasteiger partial charge in [0, 0.05) is 31.9 Å². The molecule has 118 valence electrons. The first kappa shape index (κ1) is 14.3. The quantitative estimate of drug-likeness (QED) is 0.792. The van der Waals surface area contributed by atoms with E-state index in [1.807, 2.05) is 42.0 Å². The van der Waals surface area contributed by atoms with Crippen LogP contribution < -0.4 is 10.2 Å². The van der Waals surface area contributed by atoms with Crippen molar-refractivity contribution in [3.8, 4) is 0 Å². The van der Waals surface area contributed by atoms with Gasteiger partial charge in [-0.3, -0.25) is 4.68 Å². The zero-order valence-corrected chi connectivity index (χ0v) is 13.7. The Labute approximate surface area is 139 Å². The lowest BCUT2D eigenvalue weighted by Crippen LogP contribution is -2.09. The number of hydrogen-bond acceptors (Lipinski definition) is 5. The highest BCUT2D eigenvalue weighted by atomic mass is 35.5. The van der Waals surface area contributed by atoms with Crippen LogP contribution in [0, 0.1) is 0 Å². The summed E-state index contributed by atoms with van der Waals surface area (Å²) >= 11 is 6.28. The fourth-order valence-electron chi connectivity index (χ4n) is 2.51. The first-order chi connectivity index (χ1) is 11.1. The van der Waals surface area contributed by atoms with Crippen LogP contribution in [0.3, 0.4) is 0 Å². The molecule has 3 aromatic rings. The Morgan fingerprint density at radius 3 is 2.83 bits per heavy atom. The third kappa shape index (κ3) is 2.82. The van der Waals surface area contributed by atoms with Crippen molar-refractivity contribution in [1.82, 2.24) is 19.7 Å². The molecule has 0 saturated heterocycles. The van der Waals surface area contributed by atoms with Gasteiger partial charge in [-0.2, -0.15) is 5.10 Å². The molecule has 7 heteroatoms. The van der Waals surface area contributed by atoms with Crippen LogP contribution in [0.1, 0.15) is 18.9 Å². The predicted molar refractivity (Wildman–Crippen MR) is 92.7 cm³/mol. The summed E-state index contributed by atoms with van der Waals surface area (Å²) in [6.45, 7) is 0. The van der Waals surface area contributed by atoms with Crippen LogP contribution in [-0.2, 0) is 0 Å². The van der Waals surface area contributed by atoms with Crippen LogP contribution >= 0.6 is 11.6 Å². The van der Waals surface area contributed by atoms with Crippen molar-refractivity contribution in [2.24, 2.45) is 0 Å². The summed E-state index contributed by atoms with van der Waals surface area (Å²) < 4.78 is 1.99. The van der Waals surface area contributed by atoms with E-state index < -0.39 is 0 Å². The molecule has 1 aliphatic carbocycles. The summed E-state index contributed by atoms with van der Waals surface area (Å²) in [7, 11) is 3.92. The average Bonchev–Trinajstić information content (AvgIpc) is 3.27. The molecule has 1 aromatic carbocycles. The summed E-state index contributed by atoms with van der Waals surface area (Å²) in [5.41, 5.74) is 2.69. The Kier molecular flexibility index (Phi) is 3.34. The Morgan fingerprint density at radius 2 is 2.09 bits per heavy atom. The summed E-state index contributed by atoms with van der Waals surface area (Å²) in [4.78, 5) is 10.9. The Bertz CT molecular complexity index is 868. The fraction of sp³-hybridized carbons (Fsp3) is 0.312. The van der Waals surface area contributed by atoms with E-state index in [4.69, 9.17) is 11.6 Å². The highest BCUT2D eigenvalue weighted by Gasteiger charge is 2.24. The van der Waals surface area contributed by atoms with Crippen LogP contribution in [0.2, 0.25) is 5.02 Å². The maximum atomic E-state index is 6.28. The van der Waals surface area contributed by atoms with E-state index >= 15 is 0 Å². The van der Waals surface area contributed by atoms with Gasteiger partial charge in [-0.15, -0.1) is 0 Å². The van der Waals surface area contributed by atoms with Gasteiger partial charge in [-0.25, -0.2) is 9.97 Å². The molecule has 1 fully saturated rings. The van der Waals surface area contributed by atoms with Crippen molar-refractivity contribution in [2.75, 3.05) is 24.3 Å². The van der Waals surface area contributed by atoms with Crippen LogP contribution in [0.4, 0.5) is 17.3 Å². The number of nitrogens with zero attached hydrogens (tertiary/aromatic N) is 5.